The van der Waals surface area contributed by atoms with Crippen LogP contribution < -0.4 is 0 Å². The first-order valence-electron chi connectivity index (χ1n) is 6.72. The van der Waals surface area contributed by atoms with Crippen LogP contribution in [-0.2, 0) is 14.9 Å². The summed E-state index contributed by atoms with van der Waals surface area (Å²) < 4.78 is 32.2. The highest BCUT2D eigenvalue weighted by Crippen LogP contribution is 2.39. The smallest absolute Gasteiger partial charge is 0.172 e. The topological polar surface area (TPSA) is 26.3 Å². The number of Topliss-reactive ketones (excluding diaryl/α,β-unsaturated/α-hetero) is 1. The van der Waals surface area contributed by atoms with Gasteiger partial charge >= 0.3 is 0 Å². The van der Waals surface area contributed by atoms with Gasteiger partial charge in [-0.2, -0.15) is 0 Å². The lowest BCUT2D eigenvalue weighted by Gasteiger charge is -2.34. The Kier molecular flexibility index (Phi) is 3.93. The van der Waals surface area contributed by atoms with E-state index in [1.807, 2.05) is 6.92 Å². The van der Waals surface area contributed by atoms with E-state index in [1.54, 1.807) is 13.8 Å². The maximum absolute atomic E-state index is 13.4. The summed E-state index contributed by atoms with van der Waals surface area (Å²) in [6, 6.07) is 3.29. The summed E-state index contributed by atoms with van der Waals surface area (Å²) in [6.07, 6.45) is 1.08. The van der Waals surface area contributed by atoms with Gasteiger partial charge < -0.3 is 4.74 Å². The van der Waals surface area contributed by atoms with Crippen LogP contribution in [0.25, 0.3) is 0 Å². The van der Waals surface area contributed by atoms with Gasteiger partial charge in [0.1, 0.15) is 17.4 Å². The van der Waals surface area contributed by atoms with Crippen LogP contribution in [0, 0.1) is 11.6 Å². The molecule has 20 heavy (non-hydrogen) atoms. The Labute approximate surface area is 117 Å². The minimum atomic E-state index is -0.895. The summed E-state index contributed by atoms with van der Waals surface area (Å²) in [5.74, 6) is -0.762. The average Bonchev–Trinajstić information content (AvgIpc) is 2.39. The molecule has 0 saturated carbocycles. The SMILES string of the molecule is CCOC1=C(C)C(=O)C(C)(c2cc(F)cc(F)c2)CC1. The molecule has 0 heterocycles. The summed E-state index contributed by atoms with van der Waals surface area (Å²) in [6.45, 7) is 5.81. The molecule has 1 unspecified atom stereocenters. The molecular weight excluding hydrogens is 262 g/mol. The molecule has 0 saturated heterocycles. The van der Waals surface area contributed by atoms with Gasteiger partial charge in [-0.1, -0.05) is 0 Å². The fourth-order valence-electron chi connectivity index (χ4n) is 2.71. The number of allylic oxidation sites excluding steroid dienone is 2. The third kappa shape index (κ3) is 2.47. The van der Waals surface area contributed by atoms with E-state index in [2.05, 4.69) is 0 Å². The van der Waals surface area contributed by atoms with Crippen molar-refractivity contribution in [1.82, 2.24) is 0 Å². The third-order valence-corrected chi connectivity index (χ3v) is 3.93. The van der Waals surface area contributed by atoms with Gasteiger partial charge in [0.15, 0.2) is 5.78 Å². The molecular formula is C16H18F2O2. The molecule has 0 aromatic heterocycles. The van der Waals surface area contributed by atoms with E-state index in [9.17, 15) is 13.6 Å². The zero-order valence-corrected chi connectivity index (χ0v) is 11.9. The molecule has 2 nitrogen and oxygen atoms in total. The van der Waals surface area contributed by atoms with Crippen molar-refractivity contribution in [3.63, 3.8) is 0 Å². The van der Waals surface area contributed by atoms with Gasteiger partial charge in [0.05, 0.1) is 12.0 Å². The number of hydrogen-bond donors (Lipinski definition) is 0. The number of carbonyl (C=O) groups excluding carboxylic acids is 1. The number of hydrogen-bond acceptors (Lipinski definition) is 2. The van der Waals surface area contributed by atoms with Gasteiger partial charge in [-0.25, -0.2) is 8.78 Å². The average molecular weight is 280 g/mol. The summed E-state index contributed by atoms with van der Waals surface area (Å²) in [7, 11) is 0. The first-order chi connectivity index (χ1) is 9.38. The maximum Gasteiger partial charge on any atom is 0.172 e. The third-order valence-electron chi connectivity index (χ3n) is 3.93. The first kappa shape index (κ1) is 14.7. The highest BCUT2D eigenvalue weighted by atomic mass is 19.1. The molecule has 0 spiro atoms. The molecule has 1 atom stereocenters. The highest BCUT2D eigenvalue weighted by molar-refractivity contribution is 6.04. The van der Waals surface area contributed by atoms with Crippen molar-refractivity contribution in [2.24, 2.45) is 0 Å². The second-order valence-corrected chi connectivity index (χ2v) is 5.30. The van der Waals surface area contributed by atoms with E-state index in [1.165, 1.54) is 12.1 Å². The molecule has 108 valence electrons. The van der Waals surface area contributed by atoms with Crippen molar-refractivity contribution in [3.8, 4) is 0 Å². The fraction of sp³-hybridized carbons (Fsp3) is 0.438. The van der Waals surface area contributed by atoms with Crippen LogP contribution in [0.5, 0.6) is 0 Å². The van der Waals surface area contributed by atoms with Crippen LogP contribution in [0.3, 0.4) is 0 Å². The molecule has 2 rings (SSSR count). The Morgan fingerprint density at radius 1 is 1.25 bits per heavy atom. The molecule has 1 aromatic carbocycles. The Morgan fingerprint density at radius 3 is 2.40 bits per heavy atom. The molecule has 0 radical (unpaired) electrons. The van der Waals surface area contributed by atoms with Gasteiger partial charge in [-0.05, 0) is 44.9 Å². The lowest BCUT2D eigenvalue weighted by atomic mass is 9.69. The minimum absolute atomic E-state index is 0.128. The van der Waals surface area contributed by atoms with E-state index in [4.69, 9.17) is 4.74 Å². The van der Waals surface area contributed by atoms with Gasteiger partial charge in [-0.3, -0.25) is 4.79 Å². The van der Waals surface area contributed by atoms with Crippen LogP contribution in [0.1, 0.15) is 39.2 Å². The first-order valence-corrected chi connectivity index (χ1v) is 6.72. The van der Waals surface area contributed by atoms with E-state index < -0.39 is 17.0 Å². The quantitative estimate of drug-likeness (QED) is 0.839. The van der Waals surface area contributed by atoms with Crippen LogP contribution >= 0.6 is 0 Å². The van der Waals surface area contributed by atoms with E-state index in [0.29, 0.717) is 36.3 Å². The molecule has 1 aliphatic rings. The summed E-state index contributed by atoms with van der Waals surface area (Å²) >= 11 is 0. The van der Waals surface area contributed by atoms with E-state index >= 15 is 0 Å². The molecule has 1 aliphatic carbocycles. The van der Waals surface area contributed by atoms with Crippen molar-refractivity contribution in [2.45, 2.75) is 39.0 Å². The lowest BCUT2D eigenvalue weighted by molar-refractivity contribution is -0.121. The minimum Gasteiger partial charge on any atom is -0.498 e. The highest BCUT2D eigenvalue weighted by Gasteiger charge is 2.40. The van der Waals surface area contributed by atoms with Crippen molar-refractivity contribution in [3.05, 3.63) is 46.7 Å². The molecule has 0 fully saturated rings. The van der Waals surface area contributed by atoms with E-state index in [-0.39, 0.29) is 5.78 Å². The number of halogens is 2. The zero-order chi connectivity index (χ0) is 14.9. The number of ether oxygens (including phenoxy) is 1. The second-order valence-electron chi connectivity index (χ2n) is 5.30. The summed E-state index contributed by atoms with van der Waals surface area (Å²) in [4.78, 5) is 12.6. The van der Waals surface area contributed by atoms with Crippen molar-refractivity contribution >= 4 is 5.78 Å². The van der Waals surface area contributed by atoms with Crippen molar-refractivity contribution < 1.29 is 18.3 Å². The predicted molar refractivity (Wildman–Crippen MR) is 72.3 cm³/mol. The largest absolute Gasteiger partial charge is 0.498 e. The van der Waals surface area contributed by atoms with Gasteiger partial charge in [0, 0.05) is 18.1 Å². The second kappa shape index (κ2) is 5.35. The number of benzene rings is 1. The number of rotatable bonds is 3. The van der Waals surface area contributed by atoms with Crippen LogP contribution in [0.4, 0.5) is 8.78 Å². The van der Waals surface area contributed by atoms with Crippen LogP contribution in [0.15, 0.2) is 29.5 Å². The number of ketones is 1. The molecule has 1 aromatic rings. The Hall–Kier alpha value is -1.71. The molecule has 0 aliphatic heterocycles. The predicted octanol–water partition coefficient (Wildman–Crippen LogP) is 3.90. The fourth-order valence-corrected chi connectivity index (χ4v) is 2.71. The van der Waals surface area contributed by atoms with Crippen LogP contribution in [0.2, 0.25) is 0 Å². The molecule has 0 amide bonds. The summed E-state index contributed by atoms with van der Waals surface area (Å²) in [5.41, 5.74) is 0.0355. The normalized spacial score (nSPS) is 23.1. The Bertz CT molecular complexity index is 558. The van der Waals surface area contributed by atoms with Crippen LogP contribution in [-0.4, -0.2) is 12.4 Å². The van der Waals surface area contributed by atoms with E-state index in [0.717, 1.165) is 6.07 Å². The monoisotopic (exact) mass is 280 g/mol. The van der Waals surface area contributed by atoms with Crippen molar-refractivity contribution in [1.29, 1.82) is 0 Å². The number of carbonyl (C=O) groups is 1. The van der Waals surface area contributed by atoms with Gasteiger partial charge in [0.25, 0.3) is 0 Å². The maximum atomic E-state index is 13.4. The van der Waals surface area contributed by atoms with Gasteiger partial charge in [-0.15, -0.1) is 0 Å². The van der Waals surface area contributed by atoms with Crippen molar-refractivity contribution in [2.75, 3.05) is 6.61 Å². The zero-order valence-electron chi connectivity index (χ0n) is 11.9. The Morgan fingerprint density at radius 2 is 1.85 bits per heavy atom. The standard InChI is InChI=1S/C16H18F2O2/c1-4-20-14-5-6-16(3,15(19)10(14)2)11-7-12(17)9-13(18)8-11/h7-9H,4-6H2,1-3H3. The molecule has 0 bridgehead atoms. The van der Waals surface area contributed by atoms with Gasteiger partial charge in [0.2, 0.25) is 0 Å². The lowest BCUT2D eigenvalue weighted by Crippen LogP contribution is -2.37. The Balaban J connectivity index is 2.44. The summed E-state index contributed by atoms with van der Waals surface area (Å²) in [5, 5.41) is 0. The molecule has 4 heteroatoms. The molecule has 0 N–H and O–H groups in total.